The summed E-state index contributed by atoms with van der Waals surface area (Å²) in [7, 11) is 5.00. The summed E-state index contributed by atoms with van der Waals surface area (Å²) >= 11 is 0. The Bertz CT molecular complexity index is 629. The van der Waals surface area contributed by atoms with Crippen LogP contribution in [0.3, 0.4) is 0 Å². The van der Waals surface area contributed by atoms with Gasteiger partial charge in [0.25, 0.3) is 0 Å². The van der Waals surface area contributed by atoms with E-state index in [0.29, 0.717) is 0 Å². The van der Waals surface area contributed by atoms with Crippen LogP contribution in [0.5, 0.6) is 0 Å². The van der Waals surface area contributed by atoms with Crippen molar-refractivity contribution in [2.45, 2.75) is 0 Å². The lowest BCUT2D eigenvalue weighted by Gasteiger charge is -2.09. The summed E-state index contributed by atoms with van der Waals surface area (Å²) in [5.41, 5.74) is -1.12. The van der Waals surface area contributed by atoms with E-state index in [0.717, 1.165) is 0 Å². The van der Waals surface area contributed by atoms with Crippen LogP contribution in [-0.2, 0) is 0 Å². The fourth-order valence-corrected chi connectivity index (χ4v) is 1.48. The third kappa shape index (κ3) is 1.49. The molecule has 0 aliphatic rings. The molecular formula is C10HBF6. The summed E-state index contributed by atoms with van der Waals surface area (Å²) in [4.78, 5) is 0. The van der Waals surface area contributed by atoms with Gasteiger partial charge in [-0.3, -0.25) is 0 Å². The third-order valence-electron chi connectivity index (χ3n) is 2.29. The molecule has 2 aromatic carbocycles. The molecular weight excluding hydrogens is 245 g/mol. The predicted octanol–water partition coefficient (Wildman–Crippen LogP) is 2.47. The zero-order valence-corrected chi connectivity index (χ0v) is 7.92. The Labute approximate surface area is 92.3 Å². The average molecular weight is 246 g/mol. The molecule has 0 atom stereocenters. The molecule has 0 aliphatic heterocycles. The predicted molar refractivity (Wildman–Crippen MR) is 49.1 cm³/mol. The summed E-state index contributed by atoms with van der Waals surface area (Å²) in [6.07, 6.45) is 0. The zero-order chi connectivity index (χ0) is 12.9. The molecule has 86 valence electrons. The van der Waals surface area contributed by atoms with Gasteiger partial charge in [-0.2, -0.15) is 0 Å². The Balaban J connectivity index is 3.12. The first-order chi connectivity index (χ1) is 7.86. The molecule has 0 N–H and O–H groups in total. The second-order valence-corrected chi connectivity index (χ2v) is 3.26. The highest BCUT2D eigenvalue weighted by Crippen LogP contribution is 2.26. The van der Waals surface area contributed by atoms with E-state index in [4.69, 9.17) is 7.85 Å². The maximum Gasteiger partial charge on any atom is 0.198 e. The SMILES string of the molecule is [B]c1c(F)c(F)cc2c(F)c(F)c(F)c(F)c12. The number of benzene rings is 2. The quantitative estimate of drug-likeness (QED) is 0.290. The zero-order valence-electron chi connectivity index (χ0n) is 7.92. The van der Waals surface area contributed by atoms with Crippen LogP contribution in [0.4, 0.5) is 26.3 Å². The van der Waals surface area contributed by atoms with Crippen LogP contribution >= 0.6 is 0 Å². The van der Waals surface area contributed by atoms with Gasteiger partial charge in [0.05, 0.1) is 0 Å². The van der Waals surface area contributed by atoms with Gasteiger partial charge in [0, 0.05) is 10.8 Å². The average Bonchev–Trinajstić information content (AvgIpc) is 2.30. The molecule has 7 heteroatoms. The van der Waals surface area contributed by atoms with Crippen molar-refractivity contribution in [2.75, 3.05) is 0 Å². The molecule has 0 aliphatic carbocycles. The van der Waals surface area contributed by atoms with E-state index in [1.54, 1.807) is 0 Å². The normalized spacial score (nSPS) is 11.2. The van der Waals surface area contributed by atoms with Gasteiger partial charge in [0.2, 0.25) is 0 Å². The highest BCUT2D eigenvalue weighted by atomic mass is 19.2. The highest BCUT2D eigenvalue weighted by molar-refractivity contribution is 6.39. The molecule has 0 bridgehead atoms. The van der Waals surface area contributed by atoms with Crippen molar-refractivity contribution in [2.24, 2.45) is 0 Å². The molecule has 0 fully saturated rings. The Hall–Kier alpha value is -1.66. The van der Waals surface area contributed by atoms with Gasteiger partial charge >= 0.3 is 0 Å². The first-order valence-electron chi connectivity index (χ1n) is 4.25. The molecule has 0 nitrogen and oxygen atoms in total. The summed E-state index contributed by atoms with van der Waals surface area (Å²) in [6.45, 7) is 0. The van der Waals surface area contributed by atoms with E-state index in [2.05, 4.69) is 0 Å². The minimum atomic E-state index is -2.13. The fraction of sp³-hybridized carbons (Fsp3) is 0. The van der Waals surface area contributed by atoms with Gasteiger partial charge in [0.1, 0.15) is 7.85 Å². The van der Waals surface area contributed by atoms with Crippen LogP contribution in [0.1, 0.15) is 0 Å². The molecule has 0 aromatic heterocycles. The van der Waals surface area contributed by atoms with Crippen molar-refractivity contribution in [3.8, 4) is 0 Å². The van der Waals surface area contributed by atoms with Crippen LogP contribution < -0.4 is 5.46 Å². The fourth-order valence-electron chi connectivity index (χ4n) is 1.48. The second kappa shape index (κ2) is 3.68. The van der Waals surface area contributed by atoms with Crippen molar-refractivity contribution in [1.29, 1.82) is 0 Å². The van der Waals surface area contributed by atoms with Gasteiger partial charge in [-0.25, -0.2) is 26.3 Å². The smallest absolute Gasteiger partial charge is 0.198 e. The lowest BCUT2D eigenvalue weighted by molar-refractivity contribution is 0.417. The summed E-state index contributed by atoms with van der Waals surface area (Å²) in [5.74, 6) is -11.2. The highest BCUT2D eigenvalue weighted by Gasteiger charge is 2.24. The van der Waals surface area contributed by atoms with Crippen LogP contribution in [0.15, 0.2) is 6.07 Å². The Morgan fingerprint density at radius 2 is 1.24 bits per heavy atom. The summed E-state index contributed by atoms with van der Waals surface area (Å²) < 4.78 is 78.1. The first-order valence-corrected chi connectivity index (χ1v) is 4.25. The van der Waals surface area contributed by atoms with Crippen molar-refractivity contribution in [1.82, 2.24) is 0 Å². The molecule has 0 unspecified atom stereocenters. The minimum Gasteiger partial charge on any atom is -0.204 e. The van der Waals surface area contributed by atoms with Crippen molar-refractivity contribution in [3.63, 3.8) is 0 Å². The topological polar surface area (TPSA) is 0 Å². The Morgan fingerprint density at radius 3 is 1.82 bits per heavy atom. The number of hydrogen-bond acceptors (Lipinski definition) is 0. The van der Waals surface area contributed by atoms with E-state index in [9.17, 15) is 26.3 Å². The third-order valence-corrected chi connectivity index (χ3v) is 2.29. The second-order valence-electron chi connectivity index (χ2n) is 3.26. The molecule has 2 radical (unpaired) electrons. The van der Waals surface area contributed by atoms with Crippen molar-refractivity contribution in [3.05, 3.63) is 41.0 Å². The number of halogens is 6. The van der Waals surface area contributed by atoms with Crippen molar-refractivity contribution < 1.29 is 26.3 Å². The van der Waals surface area contributed by atoms with E-state index in [-0.39, 0.29) is 6.07 Å². The van der Waals surface area contributed by atoms with Gasteiger partial charge < -0.3 is 0 Å². The van der Waals surface area contributed by atoms with Crippen LogP contribution in [-0.4, -0.2) is 7.85 Å². The van der Waals surface area contributed by atoms with Gasteiger partial charge in [0.15, 0.2) is 34.9 Å². The van der Waals surface area contributed by atoms with Crippen molar-refractivity contribution >= 4 is 24.1 Å². The number of rotatable bonds is 0. The number of hydrogen-bond donors (Lipinski definition) is 0. The lowest BCUT2D eigenvalue weighted by Crippen LogP contribution is -2.16. The van der Waals surface area contributed by atoms with E-state index in [1.807, 2.05) is 0 Å². The summed E-state index contributed by atoms with van der Waals surface area (Å²) in [5, 5.41) is -1.99. The minimum absolute atomic E-state index is 0.210. The molecule has 2 rings (SSSR count). The standard InChI is InChI=1S/C10HBF6/c11-5-4-2(1-3(12)7(5)14)6(13)9(16)10(17)8(4)15/h1H. The van der Waals surface area contributed by atoms with Crippen LogP contribution in [0, 0.1) is 34.9 Å². The monoisotopic (exact) mass is 246 g/mol. The molecule has 0 amide bonds. The van der Waals surface area contributed by atoms with Gasteiger partial charge in [-0.1, -0.05) is 0 Å². The molecule has 17 heavy (non-hydrogen) atoms. The molecule has 2 aromatic rings. The maximum atomic E-state index is 13.3. The van der Waals surface area contributed by atoms with Gasteiger partial charge in [-0.05, 0) is 11.5 Å². The van der Waals surface area contributed by atoms with Crippen LogP contribution in [0.25, 0.3) is 10.8 Å². The first kappa shape index (κ1) is 11.8. The molecule has 0 spiro atoms. The van der Waals surface area contributed by atoms with E-state index < -0.39 is 51.1 Å². The maximum absolute atomic E-state index is 13.3. The summed E-state index contributed by atoms with van der Waals surface area (Å²) in [6, 6.07) is 0.210. The van der Waals surface area contributed by atoms with Crippen LogP contribution in [0.2, 0.25) is 0 Å². The molecule has 0 saturated heterocycles. The lowest BCUT2D eigenvalue weighted by atomic mass is 9.88. The Morgan fingerprint density at radius 1 is 0.706 bits per heavy atom. The molecule has 0 saturated carbocycles. The van der Waals surface area contributed by atoms with E-state index >= 15 is 0 Å². The number of fused-ring (bicyclic) bond motifs is 1. The molecule has 0 heterocycles. The van der Waals surface area contributed by atoms with Gasteiger partial charge in [-0.15, -0.1) is 0 Å². The Kier molecular flexibility index (Phi) is 2.56. The largest absolute Gasteiger partial charge is 0.204 e. The van der Waals surface area contributed by atoms with E-state index in [1.165, 1.54) is 0 Å².